The molecule has 1 aliphatic heterocycles. The third-order valence-electron chi connectivity index (χ3n) is 6.42. The molecule has 9 nitrogen and oxygen atoms in total. The first-order valence-electron chi connectivity index (χ1n) is 9.99. The number of halogens is 3. The molecule has 0 bridgehead atoms. The molecule has 1 saturated carbocycles. The lowest BCUT2D eigenvalue weighted by Gasteiger charge is -2.43. The van der Waals surface area contributed by atoms with Gasteiger partial charge >= 0.3 is 6.18 Å². The fourth-order valence-corrected chi connectivity index (χ4v) is 4.66. The molecule has 1 amide bonds. The highest BCUT2D eigenvalue weighted by atomic mass is 19.4. The zero-order chi connectivity index (χ0) is 22.9. The topological polar surface area (TPSA) is 125 Å². The van der Waals surface area contributed by atoms with Crippen LogP contribution in [0.2, 0.25) is 0 Å². The number of aromatic amines is 1. The molecular formula is C20H19F3N6O3. The van der Waals surface area contributed by atoms with Gasteiger partial charge in [0.25, 0.3) is 11.5 Å². The van der Waals surface area contributed by atoms with Gasteiger partial charge < -0.3 is 20.7 Å². The number of aliphatic hydroxyl groups is 1. The predicted molar refractivity (Wildman–Crippen MR) is 108 cm³/mol. The predicted octanol–water partition coefficient (Wildman–Crippen LogP) is 2.44. The van der Waals surface area contributed by atoms with E-state index in [2.05, 4.69) is 25.6 Å². The maximum atomic E-state index is 13.4. The molecule has 0 saturated heterocycles. The molecule has 1 aliphatic carbocycles. The van der Waals surface area contributed by atoms with Crippen molar-refractivity contribution in [3.63, 3.8) is 0 Å². The summed E-state index contributed by atoms with van der Waals surface area (Å²) >= 11 is 0. The van der Waals surface area contributed by atoms with Gasteiger partial charge in [0.1, 0.15) is 34.8 Å². The highest BCUT2D eigenvalue weighted by molar-refractivity contribution is 5.97. The molecule has 1 spiro atoms. The Morgan fingerprint density at radius 3 is 2.59 bits per heavy atom. The Labute approximate surface area is 178 Å². The Balaban J connectivity index is 1.58. The van der Waals surface area contributed by atoms with Gasteiger partial charge in [-0.25, -0.2) is 9.97 Å². The van der Waals surface area contributed by atoms with Crippen LogP contribution in [0.25, 0.3) is 11.0 Å². The number of aryl methyl sites for hydroxylation is 1. The van der Waals surface area contributed by atoms with E-state index in [9.17, 15) is 27.9 Å². The fraction of sp³-hybridized carbons (Fsp3) is 0.400. The smallest absolute Gasteiger partial charge is 0.380 e. The van der Waals surface area contributed by atoms with E-state index in [4.69, 9.17) is 0 Å². The molecule has 0 unspecified atom stereocenters. The number of anilines is 2. The van der Waals surface area contributed by atoms with Gasteiger partial charge in [-0.1, -0.05) is 0 Å². The van der Waals surface area contributed by atoms with E-state index in [1.807, 2.05) is 0 Å². The molecule has 32 heavy (non-hydrogen) atoms. The third-order valence-corrected chi connectivity index (χ3v) is 6.42. The first-order chi connectivity index (χ1) is 15.0. The minimum absolute atomic E-state index is 0.104. The molecule has 5 rings (SSSR count). The van der Waals surface area contributed by atoms with Crippen molar-refractivity contribution < 1.29 is 23.1 Å². The molecule has 4 N–H and O–H groups in total. The summed E-state index contributed by atoms with van der Waals surface area (Å²) in [6.07, 6.45) is -3.53. The van der Waals surface area contributed by atoms with E-state index in [1.165, 1.54) is 17.0 Å². The number of pyridine rings is 1. The van der Waals surface area contributed by atoms with Gasteiger partial charge in [0.2, 0.25) is 0 Å². The van der Waals surface area contributed by atoms with Crippen LogP contribution in [0.4, 0.5) is 24.7 Å². The minimum atomic E-state index is -4.79. The maximum absolute atomic E-state index is 13.4. The quantitative estimate of drug-likeness (QED) is 0.477. The highest BCUT2D eigenvalue weighted by Gasteiger charge is 2.59. The number of nitrogens with zero attached hydrogens (tertiary/aromatic N) is 3. The van der Waals surface area contributed by atoms with Crippen molar-refractivity contribution in [1.29, 1.82) is 0 Å². The van der Waals surface area contributed by atoms with E-state index in [-0.39, 0.29) is 24.2 Å². The molecular weight excluding hydrogens is 429 g/mol. The maximum Gasteiger partial charge on any atom is 0.417 e. The summed E-state index contributed by atoms with van der Waals surface area (Å²) in [5, 5.41) is 16.4. The Morgan fingerprint density at radius 1 is 1.19 bits per heavy atom. The lowest BCUT2D eigenvalue weighted by atomic mass is 9.78. The van der Waals surface area contributed by atoms with Gasteiger partial charge in [-0.2, -0.15) is 13.2 Å². The number of carbonyl (C=O) groups is 1. The molecule has 3 aromatic rings. The number of H-pyrrole nitrogens is 1. The SMILES string of the molecule is Cc1cc(Nc2ncnc3[nH]ccc23)c(=O)n2c1C(=O)NC21CCC(O)(C(F)(F)F)CC1. The summed E-state index contributed by atoms with van der Waals surface area (Å²) in [4.78, 5) is 37.3. The Bertz CT molecular complexity index is 1300. The summed E-state index contributed by atoms with van der Waals surface area (Å²) in [6, 6.07) is 3.25. The Hall–Kier alpha value is -3.41. The van der Waals surface area contributed by atoms with Crippen molar-refractivity contribution in [1.82, 2.24) is 24.8 Å². The van der Waals surface area contributed by atoms with Crippen LogP contribution in [0.15, 0.2) is 29.5 Å². The number of fused-ring (bicyclic) bond motifs is 3. The molecule has 1 fully saturated rings. The van der Waals surface area contributed by atoms with Crippen molar-refractivity contribution in [2.45, 2.75) is 50.0 Å². The number of aromatic nitrogens is 4. The van der Waals surface area contributed by atoms with E-state index < -0.39 is 41.7 Å². The first kappa shape index (κ1) is 20.5. The Kier molecular flexibility index (Phi) is 4.19. The molecule has 3 aromatic heterocycles. The Morgan fingerprint density at radius 2 is 1.91 bits per heavy atom. The number of hydrogen-bond acceptors (Lipinski definition) is 6. The summed E-state index contributed by atoms with van der Waals surface area (Å²) in [7, 11) is 0. The fourth-order valence-electron chi connectivity index (χ4n) is 4.66. The van der Waals surface area contributed by atoms with Crippen molar-refractivity contribution in [2.24, 2.45) is 0 Å². The number of nitrogens with one attached hydrogen (secondary N) is 3. The zero-order valence-corrected chi connectivity index (χ0v) is 16.9. The second-order valence-electron chi connectivity index (χ2n) is 8.33. The molecule has 2 aliphatic rings. The summed E-state index contributed by atoms with van der Waals surface area (Å²) in [5.74, 6) is -0.159. The zero-order valence-electron chi connectivity index (χ0n) is 16.9. The number of hydrogen-bond donors (Lipinski definition) is 4. The van der Waals surface area contributed by atoms with Gasteiger partial charge in [0, 0.05) is 6.20 Å². The van der Waals surface area contributed by atoms with Crippen LogP contribution in [-0.2, 0) is 5.66 Å². The van der Waals surface area contributed by atoms with Gasteiger partial charge in [-0.15, -0.1) is 0 Å². The highest BCUT2D eigenvalue weighted by Crippen LogP contribution is 2.47. The van der Waals surface area contributed by atoms with Gasteiger partial charge in [-0.05, 0) is 50.3 Å². The summed E-state index contributed by atoms with van der Waals surface area (Å²) in [5.41, 5.74) is -3.47. The second-order valence-corrected chi connectivity index (χ2v) is 8.33. The van der Waals surface area contributed by atoms with Crippen molar-refractivity contribution in [3.05, 3.63) is 46.3 Å². The van der Waals surface area contributed by atoms with Crippen molar-refractivity contribution in [3.8, 4) is 0 Å². The summed E-state index contributed by atoms with van der Waals surface area (Å²) < 4.78 is 41.1. The molecule has 0 radical (unpaired) electrons. The van der Waals surface area contributed by atoms with E-state index in [1.54, 1.807) is 19.2 Å². The second kappa shape index (κ2) is 6.55. The van der Waals surface area contributed by atoms with Crippen molar-refractivity contribution >= 4 is 28.4 Å². The van der Waals surface area contributed by atoms with Gasteiger partial charge in [0.05, 0.1) is 5.39 Å². The first-order valence-corrected chi connectivity index (χ1v) is 9.99. The lowest BCUT2D eigenvalue weighted by Crippen LogP contribution is -2.57. The average molecular weight is 448 g/mol. The minimum Gasteiger partial charge on any atom is -0.380 e. The molecule has 12 heteroatoms. The van der Waals surface area contributed by atoms with Crippen LogP contribution in [0, 0.1) is 6.92 Å². The third kappa shape index (κ3) is 2.82. The van der Waals surface area contributed by atoms with E-state index >= 15 is 0 Å². The number of amides is 1. The lowest BCUT2D eigenvalue weighted by molar-refractivity contribution is -0.275. The standard InChI is InChI=1S/C20H19F3N6O3/c1-10-8-12(27-15-11-2-7-24-14(11)25-9-26-15)17(31)29-13(10)16(30)28-19(29)5-3-18(32,4-6-19)20(21,22)23/h2,7-9,32H,3-6H2,1H3,(H,28,30)(H2,24,25,26,27). The van der Waals surface area contributed by atoms with E-state index in [0.29, 0.717) is 22.4 Å². The number of carbonyl (C=O) groups excluding carboxylic acids is 1. The summed E-state index contributed by atoms with van der Waals surface area (Å²) in [6.45, 7) is 1.65. The molecule has 4 heterocycles. The van der Waals surface area contributed by atoms with Gasteiger partial charge in [-0.3, -0.25) is 14.2 Å². The largest absolute Gasteiger partial charge is 0.417 e. The number of alkyl halides is 3. The van der Waals surface area contributed by atoms with Gasteiger partial charge in [0.15, 0.2) is 5.60 Å². The van der Waals surface area contributed by atoms with Crippen LogP contribution < -0.4 is 16.2 Å². The van der Waals surface area contributed by atoms with Crippen LogP contribution in [0.3, 0.4) is 0 Å². The molecule has 0 atom stereocenters. The van der Waals surface area contributed by atoms with Crippen LogP contribution in [0.5, 0.6) is 0 Å². The van der Waals surface area contributed by atoms with Crippen LogP contribution in [0.1, 0.15) is 41.7 Å². The normalized spacial score (nSPS) is 25.2. The average Bonchev–Trinajstić information content (AvgIpc) is 3.31. The van der Waals surface area contributed by atoms with Crippen molar-refractivity contribution in [2.75, 3.05) is 5.32 Å². The van der Waals surface area contributed by atoms with E-state index in [0.717, 1.165) is 0 Å². The monoisotopic (exact) mass is 448 g/mol. The van der Waals surface area contributed by atoms with Crippen LogP contribution >= 0.6 is 0 Å². The molecule has 168 valence electrons. The molecule has 0 aromatic carbocycles. The number of rotatable bonds is 2. The van der Waals surface area contributed by atoms with Crippen LogP contribution in [-0.4, -0.2) is 42.3 Å².